The smallest absolute Gasteiger partial charge is 0.231 e. The van der Waals surface area contributed by atoms with E-state index in [1.165, 1.54) is 11.8 Å². The van der Waals surface area contributed by atoms with Crippen LogP contribution in [0.5, 0.6) is 11.5 Å². The summed E-state index contributed by atoms with van der Waals surface area (Å²) in [7, 11) is 1.90. The van der Waals surface area contributed by atoms with Crippen molar-refractivity contribution in [3.63, 3.8) is 0 Å². The van der Waals surface area contributed by atoms with Gasteiger partial charge in [-0.1, -0.05) is 17.7 Å². The third kappa shape index (κ3) is 3.55. The van der Waals surface area contributed by atoms with Gasteiger partial charge in [-0.2, -0.15) is 5.10 Å². The van der Waals surface area contributed by atoms with E-state index in [1.807, 2.05) is 78.6 Å². The molecule has 0 saturated carbocycles. The second kappa shape index (κ2) is 8.25. The summed E-state index contributed by atoms with van der Waals surface area (Å²) in [5.41, 5.74) is 5.41. The molecule has 0 N–H and O–H groups in total. The number of nitrogens with zero attached hydrogens (tertiary/aromatic N) is 6. The summed E-state index contributed by atoms with van der Waals surface area (Å²) in [4.78, 5) is 5.62. The van der Waals surface area contributed by atoms with Gasteiger partial charge in [-0.25, -0.2) is 0 Å². The van der Waals surface area contributed by atoms with Crippen LogP contribution in [0.3, 0.4) is 0 Å². The highest BCUT2D eigenvalue weighted by molar-refractivity contribution is 7.99. The zero-order chi connectivity index (χ0) is 24.2. The fraction of sp³-hybridized carbons (Fsp3) is 0.0769. The molecule has 0 atom stereocenters. The Kier molecular flexibility index (Phi) is 4.86. The minimum Gasteiger partial charge on any atom is -0.454 e. The number of pyridine rings is 2. The van der Waals surface area contributed by atoms with Crippen LogP contribution in [0, 0.1) is 0 Å². The number of hydrogen-bond acceptors (Lipinski definition) is 7. The fourth-order valence-corrected chi connectivity index (χ4v) is 5.41. The lowest BCUT2D eigenvalue weighted by atomic mass is 10.0. The second-order valence-corrected chi connectivity index (χ2v) is 9.78. The molecule has 10 heteroatoms. The Morgan fingerprint density at radius 3 is 2.67 bits per heavy atom. The summed E-state index contributed by atoms with van der Waals surface area (Å²) in [6, 6.07) is 15.8. The average Bonchev–Trinajstić information content (AvgIpc) is 3.64. The van der Waals surface area contributed by atoms with Crippen LogP contribution >= 0.6 is 23.4 Å². The molecule has 0 spiro atoms. The molecule has 176 valence electrons. The Morgan fingerprint density at radius 2 is 1.78 bits per heavy atom. The summed E-state index contributed by atoms with van der Waals surface area (Å²) < 4.78 is 14.7. The molecule has 0 aliphatic carbocycles. The molecule has 1 aliphatic heterocycles. The van der Waals surface area contributed by atoms with Crippen molar-refractivity contribution in [1.29, 1.82) is 0 Å². The molecule has 36 heavy (non-hydrogen) atoms. The zero-order valence-electron chi connectivity index (χ0n) is 18.9. The average molecular weight is 513 g/mol. The molecule has 7 rings (SSSR count). The molecule has 0 unspecified atom stereocenters. The van der Waals surface area contributed by atoms with Gasteiger partial charge in [0.1, 0.15) is 0 Å². The summed E-state index contributed by atoms with van der Waals surface area (Å²) in [5.74, 6) is 1.44. The zero-order valence-corrected chi connectivity index (χ0v) is 20.5. The third-order valence-electron chi connectivity index (χ3n) is 6.08. The van der Waals surface area contributed by atoms with Crippen molar-refractivity contribution in [3.8, 4) is 33.8 Å². The van der Waals surface area contributed by atoms with Crippen molar-refractivity contribution in [2.45, 2.75) is 10.1 Å². The van der Waals surface area contributed by atoms with Crippen LogP contribution in [0.25, 0.3) is 38.8 Å². The van der Waals surface area contributed by atoms with Crippen molar-refractivity contribution >= 4 is 39.9 Å². The van der Waals surface area contributed by atoms with Crippen LogP contribution < -0.4 is 9.47 Å². The lowest BCUT2D eigenvalue weighted by Crippen LogP contribution is -1.92. The number of aromatic nitrogens is 6. The predicted molar refractivity (Wildman–Crippen MR) is 138 cm³/mol. The summed E-state index contributed by atoms with van der Waals surface area (Å²) >= 11 is 8.42. The highest BCUT2D eigenvalue weighted by atomic mass is 35.5. The van der Waals surface area contributed by atoms with Crippen molar-refractivity contribution in [2.24, 2.45) is 7.05 Å². The molecule has 2 aromatic carbocycles. The lowest BCUT2D eigenvalue weighted by Gasteiger charge is -2.10. The Bertz CT molecular complexity index is 1800. The summed E-state index contributed by atoms with van der Waals surface area (Å²) in [6.45, 7) is 0.226. The van der Waals surface area contributed by atoms with Gasteiger partial charge in [-0.05, 0) is 59.8 Å². The molecule has 0 fully saturated rings. The Morgan fingerprint density at radius 1 is 0.889 bits per heavy atom. The van der Waals surface area contributed by atoms with Crippen molar-refractivity contribution < 1.29 is 9.47 Å². The van der Waals surface area contributed by atoms with Gasteiger partial charge < -0.3 is 9.47 Å². The number of benzene rings is 2. The molecule has 0 saturated heterocycles. The molecule has 0 radical (unpaired) electrons. The van der Waals surface area contributed by atoms with Gasteiger partial charge >= 0.3 is 0 Å². The quantitative estimate of drug-likeness (QED) is 0.292. The van der Waals surface area contributed by atoms with E-state index in [1.54, 1.807) is 10.9 Å². The largest absolute Gasteiger partial charge is 0.454 e. The first-order valence-corrected chi connectivity index (χ1v) is 12.3. The van der Waals surface area contributed by atoms with Crippen LogP contribution in [0.4, 0.5) is 0 Å². The highest BCUT2D eigenvalue weighted by Crippen LogP contribution is 2.40. The molecule has 0 amide bonds. The highest BCUT2D eigenvalue weighted by Gasteiger charge is 2.17. The minimum atomic E-state index is 0.226. The molecular weight excluding hydrogens is 496 g/mol. The van der Waals surface area contributed by atoms with E-state index < -0.39 is 0 Å². The molecule has 4 aromatic heterocycles. The van der Waals surface area contributed by atoms with E-state index in [9.17, 15) is 0 Å². The van der Waals surface area contributed by atoms with E-state index >= 15 is 0 Å². The van der Waals surface area contributed by atoms with E-state index in [0.29, 0.717) is 10.8 Å². The maximum absolute atomic E-state index is 6.90. The second-order valence-electron chi connectivity index (χ2n) is 8.37. The Labute approximate surface area is 214 Å². The standard InChI is InChI=1S/C26H17ClN6O2S/c1-32-12-17(10-29-32)16-3-7-24-30-31-26(33(24)13-16)36-18-4-5-21-19(9-18)25(27)20(11-28-21)15-2-6-22-23(8-15)35-14-34-22/h2-13H,14H2,1H3. The van der Waals surface area contributed by atoms with Gasteiger partial charge in [0.25, 0.3) is 0 Å². The first-order valence-electron chi connectivity index (χ1n) is 11.1. The van der Waals surface area contributed by atoms with Crippen molar-refractivity contribution in [3.05, 3.63) is 78.3 Å². The fourth-order valence-electron chi connectivity index (χ4n) is 4.25. The first kappa shape index (κ1) is 21.2. The topological polar surface area (TPSA) is 79.4 Å². The SMILES string of the molecule is Cn1cc(-c2ccc3nnc(Sc4ccc5ncc(-c6ccc7c(c6)OCO7)c(Cl)c5c4)n3c2)cn1. The number of rotatable bonds is 4. The van der Waals surface area contributed by atoms with Crippen molar-refractivity contribution in [2.75, 3.05) is 6.79 Å². The molecule has 6 aromatic rings. The molecule has 5 heterocycles. The van der Waals surface area contributed by atoms with Crippen LogP contribution in [0.1, 0.15) is 0 Å². The number of ether oxygens (including phenoxy) is 2. The van der Waals surface area contributed by atoms with E-state index in [4.69, 9.17) is 21.1 Å². The van der Waals surface area contributed by atoms with Gasteiger partial charge in [0, 0.05) is 52.6 Å². The van der Waals surface area contributed by atoms with Gasteiger partial charge in [0.15, 0.2) is 22.3 Å². The first-order chi connectivity index (χ1) is 17.6. The number of halogens is 1. The van der Waals surface area contributed by atoms with Gasteiger partial charge in [0.05, 0.1) is 16.7 Å². The Hall–Kier alpha value is -4.08. The summed E-state index contributed by atoms with van der Waals surface area (Å²) in [6.07, 6.45) is 7.64. The molecular formula is C26H17ClN6O2S. The van der Waals surface area contributed by atoms with Crippen LogP contribution in [0.15, 0.2) is 83.4 Å². The maximum atomic E-state index is 6.90. The van der Waals surface area contributed by atoms with E-state index in [0.717, 1.165) is 54.6 Å². The normalized spacial score (nSPS) is 12.6. The van der Waals surface area contributed by atoms with Gasteiger partial charge in [0.2, 0.25) is 6.79 Å². The summed E-state index contributed by atoms with van der Waals surface area (Å²) in [5, 5.41) is 15.3. The predicted octanol–water partition coefficient (Wildman–Crippen LogP) is 5.88. The number of fused-ring (bicyclic) bond motifs is 3. The monoisotopic (exact) mass is 512 g/mol. The lowest BCUT2D eigenvalue weighted by molar-refractivity contribution is 0.174. The van der Waals surface area contributed by atoms with Crippen molar-refractivity contribution in [1.82, 2.24) is 29.4 Å². The Balaban J connectivity index is 1.26. The maximum Gasteiger partial charge on any atom is 0.231 e. The van der Waals surface area contributed by atoms with Gasteiger partial charge in [-0.15, -0.1) is 10.2 Å². The van der Waals surface area contributed by atoms with E-state index in [-0.39, 0.29) is 6.79 Å². The molecule has 1 aliphatic rings. The number of aryl methyl sites for hydroxylation is 1. The van der Waals surface area contributed by atoms with E-state index in [2.05, 4.69) is 20.3 Å². The van der Waals surface area contributed by atoms with Crippen LogP contribution in [-0.4, -0.2) is 36.2 Å². The number of hydrogen-bond donors (Lipinski definition) is 0. The van der Waals surface area contributed by atoms with Crippen LogP contribution in [-0.2, 0) is 7.05 Å². The van der Waals surface area contributed by atoms with Crippen LogP contribution in [0.2, 0.25) is 5.02 Å². The molecule has 0 bridgehead atoms. The minimum absolute atomic E-state index is 0.226. The molecule has 8 nitrogen and oxygen atoms in total. The third-order valence-corrected chi connectivity index (χ3v) is 7.43. The van der Waals surface area contributed by atoms with Gasteiger partial charge in [-0.3, -0.25) is 14.1 Å².